The van der Waals surface area contributed by atoms with Crippen molar-refractivity contribution in [2.75, 3.05) is 32.5 Å². The highest BCUT2D eigenvalue weighted by atomic mass is 32.2. The summed E-state index contributed by atoms with van der Waals surface area (Å²) < 4.78 is 26.8. The van der Waals surface area contributed by atoms with Crippen LogP contribution in [0.4, 0.5) is 0 Å². The lowest BCUT2D eigenvalue weighted by Gasteiger charge is -2.18. The normalized spacial score (nSPS) is 13.1. The fourth-order valence-corrected chi connectivity index (χ4v) is 3.52. The van der Waals surface area contributed by atoms with Gasteiger partial charge in [0, 0.05) is 32.6 Å². The SMILES string of the molecule is CN=C(NCCS(=O)(=O)NCc1ccccc1)NCC(CO)c1ccccc1. The maximum absolute atomic E-state index is 12.1. The molecule has 0 aliphatic heterocycles. The number of sulfonamides is 1. The van der Waals surface area contributed by atoms with Crippen molar-refractivity contribution < 1.29 is 13.5 Å². The predicted molar refractivity (Wildman–Crippen MR) is 113 cm³/mol. The maximum Gasteiger partial charge on any atom is 0.213 e. The van der Waals surface area contributed by atoms with Gasteiger partial charge in [-0.15, -0.1) is 0 Å². The zero-order valence-electron chi connectivity index (χ0n) is 16.0. The van der Waals surface area contributed by atoms with Crippen LogP contribution in [0.15, 0.2) is 65.7 Å². The Labute approximate surface area is 167 Å². The molecule has 28 heavy (non-hydrogen) atoms. The molecule has 152 valence electrons. The van der Waals surface area contributed by atoms with E-state index in [9.17, 15) is 13.5 Å². The predicted octanol–water partition coefficient (Wildman–Crippen LogP) is 1.05. The van der Waals surface area contributed by atoms with E-state index < -0.39 is 10.0 Å². The lowest BCUT2D eigenvalue weighted by molar-refractivity contribution is 0.265. The van der Waals surface area contributed by atoms with Crippen molar-refractivity contribution in [2.45, 2.75) is 12.5 Å². The van der Waals surface area contributed by atoms with Crippen LogP contribution in [0.5, 0.6) is 0 Å². The van der Waals surface area contributed by atoms with Crippen LogP contribution >= 0.6 is 0 Å². The number of hydrogen-bond acceptors (Lipinski definition) is 4. The van der Waals surface area contributed by atoms with Crippen LogP contribution in [0.25, 0.3) is 0 Å². The van der Waals surface area contributed by atoms with Crippen molar-refractivity contribution in [1.29, 1.82) is 0 Å². The molecule has 2 rings (SSSR count). The van der Waals surface area contributed by atoms with Gasteiger partial charge in [-0.3, -0.25) is 4.99 Å². The zero-order chi connectivity index (χ0) is 20.2. The minimum atomic E-state index is -3.40. The zero-order valence-corrected chi connectivity index (χ0v) is 16.8. The van der Waals surface area contributed by atoms with Gasteiger partial charge in [-0.25, -0.2) is 13.1 Å². The van der Waals surface area contributed by atoms with Gasteiger partial charge in [0.2, 0.25) is 10.0 Å². The van der Waals surface area contributed by atoms with E-state index in [4.69, 9.17) is 0 Å². The van der Waals surface area contributed by atoms with Gasteiger partial charge in [0.05, 0.1) is 12.4 Å². The third-order valence-corrected chi connectivity index (χ3v) is 5.56. The Kier molecular flexibility index (Phi) is 8.93. The van der Waals surface area contributed by atoms with Crippen LogP contribution in [0.3, 0.4) is 0 Å². The summed E-state index contributed by atoms with van der Waals surface area (Å²) in [6, 6.07) is 19.1. The number of nitrogens with zero attached hydrogens (tertiary/aromatic N) is 1. The molecule has 2 aromatic carbocycles. The van der Waals surface area contributed by atoms with Gasteiger partial charge < -0.3 is 15.7 Å². The first-order chi connectivity index (χ1) is 13.5. The largest absolute Gasteiger partial charge is 0.396 e. The fourth-order valence-electron chi connectivity index (χ4n) is 2.62. The van der Waals surface area contributed by atoms with Crippen LogP contribution in [0, 0.1) is 0 Å². The molecule has 0 aliphatic rings. The molecule has 0 spiro atoms. The van der Waals surface area contributed by atoms with Crippen LogP contribution in [-0.4, -0.2) is 52.0 Å². The Morgan fingerprint density at radius 1 is 1.04 bits per heavy atom. The van der Waals surface area contributed by atoms with E-state index in [0.29, 0.717) is 12.5 Å². The summed E-state index contributed by atoms with van der Waals surface area (Å²) in [7, 11) is -1.78. The Morgan fingerprint density at radius 2 is 1.68 bits per heavy atom. The standard InChI is InChI=1S/C20H28N4O3S/c1-21-20(23-15-19(16-25)18-10-6-3-7-11-18)22-12-13-28(26,27)24-14-17-8-4-2-5-9-17/h2-11,19,24-25H,12-16H2,1H3,(H2,21,22,23). The van der Waals surface area contributed by atoms with Gasteiger partial charge in [-0.1, -0.05) is 60.7 Å². The Balaban J connectivity index is 1.75. The van der Waals surface area contributed by atoms with Crippen LogP contribution in [-0.2, 0) is 16.6 Å². The number of aliphatic hydroxyl groups excluding tert-OH is 1. The van der Waals surface area contributed by atoms with Crippen molar-refractivity contribution in [3.05, 3.63) is 71.8 Å². The summed E-state index contributed by atoms with van der Waals surface area (Å²) in [5.74, 6) is 0.353. The first kappa shape index (κ1) is 21.9. The highest BCUT2D eigenvalue weighted by Gasteiger charge is 2.12. The highest BCUT2D eigenvalue weighted by molar-refractivity contribution is 7.89. The lowest BCUT2D eigenvalue weighted by atomic mass is 10.0. The number of guanidine groups is 1. The van der Waals surface area contributed by atoms with Crippen molar-refractivity contribution in [1.82, 2.24) is 15.4 Å². The molecule has 0 fully saturated rings. The number of hydrogen-bond donors (Lipinski definition) is 4. The van der Waals surface area contributed by atoms with E-state index in [1.54, 1.807) is 7.05 Å². The molecular weight excluding hydrogens is 376 g/mol. The monoisotopic (exact) mass is 404 g/mol. The number of aliphatic imine (C=N–C) groups is 1. The average molecular weight is 405 g/mol. The molecule has 8 heteroatoms. The minimum Gasteiger partial charge on any atom is -0.396 e. The number of rotatable bonds is 10. The molecule has 1 unspecified atom stereocenters. The van der Waals surface area contributed by atoms with Crippen molar-refractivity contribution in [3.63, 3.8) is 0 Å². The molecule has 0 bridgehead atoms. The number of nitrogens with one attached hydrogen (secondary N) is 3. The molecule has 0 aliphatic carbocycles. The van der Waals surface area contributed by atoms with E-state index in [-0.39, 0.29) is 31.4 Å². The van der Waals surface area contributed by atoms with Crippen LogP contribution in [0.1, 0.15) is 17.0 Å². The summed E-state index contributed by atoms with van der Waals surface area (Å²) in [4.78, 5) is 4.10. The Hall–Kier alpha value is -2.42. The quantitative estimate of drug-likeness (QED) is 0.350. The Bertz CT molecular complexity index is 827. The molecule has 7 nitrogen and oxygen atoms in total. The summed E-state index contributed by atoms with van der Waals surface area (Å²) in [6.07, 6.45) is 0. The second kappa shape index (κ2) is 11.4. The van der Waals surface area contributed by atoms with Gasteiger partial charge in [-0.05, 0) is 11.1 Å². The minimum absolute atomic E-state index is 0.00575. The summed E-state index contributed by atoms with van der Waals surface area (Å²) >= 11 is 0. The van der Waals surface area contributed by atoms with Gasteiger partial charge in [0.15, 0.2) is 5.96 Å². The van der Waals surface area contributed by atoms with Crippen molar-refractivity contribution in [3.8, 4) is 0 Å². The average Bonchev–Trinajstić information content (AvgIpc) is 2.73. The van der Waals surface area contributed by atoms with Crippen LogP contribution in [0.2, 0.25) is 0 Å². The van der Waals surface area contributed by atoms with E-state index >= 15 is 0 Å². The second-order valence-electron chi connectivity index (χ2n) is 6.30. The van der Waals surface area contributed by atoms with Crippen molar-refractivity contribution in [2.24, 2.45) is 4.99 Å². The van der Waals surface area contributed by atoms with E-state index in [2.05, 4.69) is 20.3 Å². The molecule has 4 N–H and O–H groups in total. The molecule has 0 aromatic heterocycles. The number of benzene rings is 2. The summed E-state index contributed by atoms with van der Waals surface area (Å²) in [5, 5.41) is 15.7. The van der Waals surface area contributed by atoms with Gasteiger partial charge in [-0.2, -0.15) is 0 Å². The number of aliphatic hydroxyl groups is 1. The van der Waals surface area contributed by atoms with Crippen molar-refractivity contribution >= 4 is 16.0 Å². The molecule has 0 amide bonds. The summed E-state index contributed by atoms with van der Waals surface area (Å²) in [5.41, 5.74) is 1.94. The topological polar surface area (TPSA) is 103 Å². The van der Waals surface area contributed by atoms with Gasteiger partial charge in [0.1, 0.15) is 0 Å². The third kappa shape index (κ3) is 7.67. The van der Waals surface area contributed by atoms with E-state index in [0.717, 1.165) is 11.1 Å². The molecule has 0 saturated heterocycles. The second-order valence-corrected chi connectivity index (χ2v) is 8.22. The molecular formula is C20H28N4O3S. The first-order valence-corrected chi connectivity index (χ1v) is 10.8. The molecule has 2 aromatic rings. The fraction of sp³-hybridized carbons (Fsp3) is 0.350. The smallest absolute Gasteiger partial charge is 0.213 e. The van der Waals surface area contributed by atoms with Gasteiger partial charge in [0.25, 0.3) is 0 Å². The first-order valence-electron chi connectivity index (χ1n) is 9.15. The molecule has 0 saturated carbocycles. The van der Waals surface area contributed by atoms with Crippen LogP contribution < -0.4 is 15.4 Å². The molecule has 0 heterocycles. The Morgan fingerprint density at radius 3 is 2.29 bits per heavy atom. The maximum atomic E-state index is 12.1. The van der Waals surface area contributed by atoms with E-state index in [1.807, 2.05) is 60.7 Å². The van der Waals surface area contributed by atoms with E-state index in [1.165, 1.54) is 0 Å². The highest BCUT2D eigenvalue weighted by Crippen LogP contribution is 2.13. The molecule has 0 radical (unpaired) electrons. The molecule has 1 atom stereocenters. The third-order valence-electron chi connectivity index (χ3n) is 4.23. The lowest BCUT2D eigenvalue weighted by Crippen LogP contribution is -2.42. The van der Waals surface area contributed by atoms with Gasteiger partial charge >= 0.3 is 0 Å². The summed E-state index contributed by atoms with van der Waals surface area (Å²) in [6.45, 7) is 0.981.